The van der Waals surface area contributed by atoms with E-state index in [1.54, 1.807) is 31.1 Å². The van der Waals surface area contributed by atoms with E-state index in [0.717, 1.165) is 5.56 Å². The Morgan fingerprint density at radius 3 is 2.64 bits per heavy atom. The lowest BCUT2D eigenvalue weighted by Crippen LogP contribution is -2.26. The van der Waals surface area contributed by atoms with Crippen LogP contribution in [0.15, 0.2) is 51.4 Å². The molecule has 146 valence electrons. The van der Waals surface area contributed by atoms with Crippen molar-refractivity contribution in [3.05, 3.63) is 65.6 Å². The fourth-order valence-electron chi connectivity index (χ4n) is 2.82. The minimum atomic E-state index is -0.459. The van der Waals surface area contributed by atoms with Crippen molar-refractivity contribution in [3.63, 3.8) is 0 Å². The molecular formula is C21H22N2O5. The Bertz CT molecular complexity index is 958. The van der Waals surface area contributed by atoms with Gasteiger partial charge in [-0.3, -0.25) is 4.79 Å². The van der Waals surface area contributed by atoms with Gasteiger partial charge in [0.15, 0.2) is 11.7 Å². The molecule has 0 N–H and O–H groups in total. The summed E-state index contributed by atoms with van der Waals surface area (Å²) in [5.74, 6) is 1.65. The van der Waals surface area contributed by atoms with Crippen molar-refractivity contribution >= 4 is 11.9 Å². The van der Waals surface area contributed by atoms with Crippen molar-refractivity contribution in [2.24, 2.45) is 0 Å². The van der Waals surface area contributed by atoms with Crippen LogP contribution in [0, 0.1) is 6.92 Å². The first kappa shape index (κ1) is 19.4. The monoisotopic (exact) mass is 382 g/mol. The van der Waals surface area contributed by atoms with Crippen LogP contribution in [-0.2, 0) is 22.5 Å². The van der Waals surface area contributed by atoms with Crippen molar-refractivity contribution in [2.75, 3.05) is 14.2 Å². The van der Waals surface area contributed by atoms with Crippen LogP contribution in [0.3, 0.4) is 0 Å². The van der Waals surface area contributed by atoms with Gasteiger partial charge >= 0.3 is 5.97 Å². The van der Waals surface area contributed by atoms with Crippen LogP contribution in [0.5, 0.6) is 0 Å². The van der Waals surface area contributed by atoms with Crippen LogP contribution < -0.4 is 0 Å². The van der Waals surface area contributed by atoms with E-state index < -0.39 is 5.97 Å². The molecule has 0 unspecified atom stereocenters. The number of esters is 1. The van der Waals surface area contributed by atoms with E-state index in [4.69, 9.17) is 13.6 Å². The number of aromatic nitrogens is 1. The summed E-state index contributed by atoms with van der Waals surface area (Å²) in [4.78, 5) is 29.8. The third-order valence-corrected chi connectivity index (χ3v) is 4.36. The molecule has 0 bridgehead atoms. The molecule has 3 aromatic rings. The Morgan fingerprint density at radius 2 is 1.93 bits per heavy atom. The van der Waals surface area contributed by atoms with Gasteiger partial charge in [-0.15, -0.1) is 0 Å². The maximum atomic E-state index is 12.4. The number of oxazole rings is 1. The second kappa shape index (κ2) is 8.56. The van der Waals surface area contributed by atoms with Crippen molar-refractivity contribution in [1.29, 1.82) is 0 Å². The van der Waals surface area contributed by atoms with Crippen molar-refractivity contribution in [3.8, 4) is 11.3 Å². The Balaban J connectivity index is 1.55. The second-order valence-electron chi connectivity index (χ2n) is 6.41. The molecule has 0 aliphatic heterocycles. The first-order valence-corrected chi connectivity index (χ1v) is 8.89. The van der Waals surface area contributed by atoms with E-state index in [9.17, 15) is 9.59 Å². The highest BCUT2D eigenvalue weighted by atomic mass is 16.5. The van der Waals surface area contributed by atoms with Gasteiger partial charge < -0.3 is 18.5 Å². The number of benzene rings is 1. The molecule has 0 spiro atoms. The fraction of sp³-hybridized carbons (Fsp3) is 0.286. The molecule has 0 atom stereocenters. The standard InChI is InChI=1S/C21H22N2O5/c1-14-17(21(25)26-3)11-16(27-14)13-23(2)20(24)10-9-19-22-12-18(28-19)15-7-5-4-6-8-15/h4-8,11-12H,9-10,13H2,1-3H3. The quantitative estimate of drug-likeness (QED) is 0.580. The van der Waals surface area contributed by atoms with Gasteiger partial charge in [0.1, 0.15) is 17.1 Å². The third kappa shape index (κ3) is 4.49. The van der Waals surface area contributed by atoms with Gasteiger partial charge in [-0.05, 0) is 13.0 Å². The zero-order chi connectivity index (χ0) is 20.1. The summed E-state index contributed by atoms with van der Waals surface area (Å²) >= 11 is 0. The summed E-state index contributed by atoms with van der Waals surface area (Å²) < 4.78 is 16.0. The van der Waals surface area contributed by atoms with E-state index in [0.29, 0.717) is 35.2 Å². The summed E-state index contributed by atoms with van der Waals surface area (Å²) in [5.41, 5.74) is 1.31. The zero-order valence-corrected chi connectivity index (χ0v) is 16.1. The number of amides is 1. The largest absolute Gasteiger partial charge is 0.465 e. The van der Waals surface area contributed by atoms with Gasteiger partial charge in [0.2, 0.25) is 5.91 Å². The number of ether oxygens (including phenoxy) is 1. The molecule has 2 aromatic heterocycles. The average molecular weight is 382 g/mol. The van der Waals surface area contributed by atoms with Crippen LogP contribution in [0.1, 0.15) is 34.2 Å². The van der Waals surface area contributed by atoms with E-state index in [-0.39, 0.29) is 18.9 Å². The molecule has 0 saturated heterocycles. The number of hydrogen-bond acceptors (Lipinski definition) is 6. The summed E-state index contributed by atoms with van der Waals surface area (Å²) in [6.45, 7) is 1.95. The Morgan fingerprint density at radius 1 is 1.18 bits per heavy atom. The molecule has 0 aliphatic rings. The minimum absolute atomic E-state index is 0.0758. The number of aryl methyl sites for hydroxylation is 2. The van der Waals surface area contributed by atoms with Gasteiger partial charge in [-0.25, -0.2) is 9.78 Å². The van der Waals surface area contributed by atoms with Crippen LogP contribution in [-0.4, -0.2) is 35.9 Å². The summed E-state index contributed by atoms with van der Waals surface area (Å²) in [6.07, 6.45) is 2.33. The number of furan rings is 1. The van der Waals surface area contributed by atoms with Gasteiger partial charge in [0, 0.05) is 25.5 Å². The van der Waals surface area contributed by atoms with Gasteiger partial charge in [0.25, 0.3) is 0 Å². The molecule has 1 aromatic carbocycles. The number of hydrogen-bond donors (Lipinski definition) is 0. The lowest BCUT2D eigenvalue weighted by molar-refractivity contribution is -0.130. The summed E-state index contributed by atoms with van der Waals surface area (Å²) in [7, 11) is 3.00. The van der Waals surface area contributed by atoms with Crippen LogP contribution >= 0.6 is 0 Å². The molecule has 0 fully saturated rings. The molecular weight excluding hydrogens is 360 g/mol. The Labute approximate surface area is 162 Å². The van der Waals surface area contributed by atoms with Crippen LogP contribution in [0.25, 0.3) is 11.3 Å². The SMILES string of the molecule is COC(=O)c1cc(CN(C)C(=O)CCc2ncc(-c3ccccc3)o2)oc1C. The van der Waals surface area contributed by atoms with Crippen molar-refractivity contribution < 1.29 is 23.2 Å². The molecule has 1 amide bonds. The third-order valence-electron chi connectivity index (χ3n) is 4.36. The first-order chi connectivity index (χ1) is 13.5. The second-order valence-corrected chi connectivity index (χ2v) is 6.41. The van der Waals surface area contributed by atoms with E-state index in [2.05, 4.69) is 4.98 Å². The van der Waals surface area contributed by atoms with Gasteiger partial charge in [0.05, 0.1) is 19.9 Å². The van der Waals surface area contributed by atoms with Crippen molar-refractivity contribution in [1.82, 2.24) is 9.88 Å². The minimum Gasteiger partial charge on any atom is -0.465 e. The molecule has 0 radical (unpaired) electrons. The highest BCUT2D eigenvalue weighted by molar-refractivity contribution is 5.90. The molecule has 7 heteroatoms. The highest BCUT2D eigenvalue weighted by Crippen LogP contribution is 2.21. The average Bonchev–Trinajstić information content (AvgIpc) is 3.32. The summed E-state index contributed by atoms with van der Waals surface area (Å²) in [5, 5.41) is 0. The lowest BCUT2D eigenvalue weighted by Gasteiger charge is -2.15. The number of nitrogens with zero attached hydrogens (tertiary/aromatic N) is 2. The Hall–Kier alpha value is -3.35. The molecule has 3 rings (SSSR count). The zero-order valence-electron chi connectivity index (χ0n) is 16.1. The lowest BCUT2D eigenvalue weighted by atomic mass is 10.2. The first-order valence-electron chi connectivity index (χ1n) is 8.89. The smallest absolute Gasteiger partial charge is 0.341 e. The molecule has 7 nitrogen and oxygen atoms in total. The predicted octanol–water partition coefficient (Wildman–Crippen LogP) is 3.62. The fourth-order valence-corrected chi connectivity index (χ4v) is 2.82. The van der Waals surface area contributed by atoms with E-state index in [1.165, 1.54) is 7.11 Å². The number of carbonyl (C=O) groups is 2. The number of methoxy groups -OCH3 is 1. The predicted molar refractivity (Wildman–Crippen MR) is 102 cm³/mol. The van der Waals surface area contributed by atoms with E-state index >= 15 is 0 Å². The van der Waals surface area contributed by atoms with Crippen LogP contribution in [0.2, 0.25) is 0 Å². The van der Waals surface area contributed by atoms with E-state index in [1.807, 2.05) is 30.3 Å². The highest BCUT2D eigenvalue weighted by Gasteiger charge is 2.18. The van der Waals surface area contributed by atoms with Gasteiger partial charge in [-0.2, -0.15) is 0 Å². The topological polar surface area (TPSA) is 85.8 Å². The summed E-state index contributed by atoms with van der Waals surface area (Å²) in [6, 6.07) is 11.3. The van der Waals surface area contributed by atoms with Crippen LogP contribution in [0.4, 0.5) is 0 Å². The maximum Gasteiger partial charge on any atom is 0.341 e. The van der Waals surface area contributed by atoms with Crippen molar-refractivity contribution in [2.45, 2.75) is 26.3 Å². The molecule has 2 heterocycles. The Kier molecular flexibility index (Phi) is 5.93. The maximum absolute atomic E-state index is 12.4. The normalized spacial score (nSPS) is 10.7. The number of rotatable bonds is 7. The number of carbonyl (C=O) groups excluding carboxylic acids is 2. The molecule has 0 saturated carbocycles. The van der Waals surface area contributed by atoms with Gasteiger partial charge in [-0.1, -0.05) is 30.3 Å². The molecule has 28 heavy (non-hydrogen) atoms. The molecule has 0 aliphatic carbocycles.